The van der Waals surface area contributed by atoms with Crippen molar-refractivity contribution < 1.29 is 29.7 Å². The van der Waals surface area contributed by atoms with Crippen LogP contribution in [0.4, 0.5) is 11.6 Å². The number of anilines is 2. The summed E-state index contributed by atoms with van der Waals surface area (Å²) >= 11 is 3.43. The van der Waals surface area contributed by atoms with E-state index in [1.807, 2.05) is 77.9 Å². The molecule has 4 N–H and O–H groups in total. The van der Waals surface area contributed by atoms with Gasteiger partial charge in [0.1, 0.15) is 22.1 Å². The molecule has 4 heterocycles. The number of aryl methyl sites for hydroxylation is 2. The van der Waals surface area contributed by atoms with Gasteiger partial charge in [-0.2, -0.15) is 5.26 Å². The molecule has 13 heteroatoms. The van der Waals surface area contributed by atoms with Gasteiger partial charge >= 0.3 is 7.12 Å². The van der Waals surface area contributed by atoms with Gasteiger partial charge in [-0.15, -0.1) is 0 Å². The van der Waals surface area contributed by atoms with E-state index in [1.54, 1.807) is 6.07 Å². The molecule has 1 aliphatic heterocycles. The first kappa shape index (κ1) is 42.2. The Morgan fingerprint density at radius 1 is 0.765 bits per heavy atom. The Bertz CT molecular complexity index is 2020. The maximum atomic E-state index is 9.08. The molecule has 0 aliphatic carbocycles. The third kappa shape index (κ3) is 9.80. The number of nitrogens with two attached hydrogens (primary N) is 2. The van der Waals surface area contributed by atoms with Crippen LogP contribution in [0.15, 0.2) is 53.1 Å². The number of hydrogen-bond acceptors (Lipinski definition) is 8. The number of halogens is 1. The SMILES string of the molecule is CC1(C)OB(c2ccccc2C#N)OC1(C)C.Cc1nc(N)c(Br)n1CC(C)(C)C.Cc1nc2nc(N)c3ccccc3c2n1CC(C)(C)C.[Pd]. The molecule has 5 aromatic rings. The Hall–Kier alpha value is -3.25. The molecule has 10 nitrogen and oxygen atoms in total. The van der Waals surface area contributed by atoms with Crippen molar-refractivity contribution in [2.45, 2.75) is 107 Å². The first-order chi connectivity index (χ1) is 23.0. The van der Waals surface area contributed by atoms with E-state index < -0.39 is 7.12 Å². The minimum Gasteiger partial charge on any atom is -0.399 e. The van der Waals surface area contributed by atoms with Crippen molar-refractivity contribution in [2.75, 3.05) is 11.5 Å². The quantitative estimate of drug-likeness (QED) is 0.174. The second kappa shape index (κ2) is 15.8. The van der Waals surface area contributed by atoms with Crippen LogP contribution in [-0.2, 0) is 42.8 Å². The summed E-state index contributed by atoms with van der Waals surface area (Å²) in [6, 6.07) is 17.7. The molecular formula is C38H52BBrN8O2Pd. The molecule has 6 rings (SSSR count). The zero-order valence-corrected chi connectivity index (χ0v) is 35.1. The van der Waals surface area contributed by atoms with E-state index in [-0.39, 0.29) is 42.5 Å². The summed E-state index contributed by atoms with van der Waals surface area (Å²) in [5, 5.41) is 11.2. The Kier molecular flexibility index (Phi) is 13.0. The fourth-order valence-electron chi connectivity index (χ4n) is 5.64. The summed E-state index contributed by atoms with van der Waals surface area (Å²) in [4.78, 5) is 13.2. The molecule has 0 atom stereocenters. The fraction of sp³-hybridized carbons (Fsp3) is 0.474. The summed E-state index contributed by atoms with van der Waals surface area (Å²) in [5.41, 5.74) is 14.6. The molecule has 276 valence electrons. The molecule has 2 aromatic carbocycles. The number of nitriles is 1. The predicted molar refractivity (Wildman–Crippen MR) is 209 cm³/mol. The van der Waals surface area contributed by atoms with Crippen LogP contribution in [0.3, 0.4) is 0 Å². The second-order valence-corrected chi connectivity index (χ2v) is 17.0. The maximum absolute atomic E-state index is 9.08. The number of imidazole rings is 2. The third-order valence-electron chi connectivity index (χ3n) is 8.80. The van der Waals surface area contributed by atoms with E-state index in [0.717, 1.165) is 56.7 Å². The number of nitrogen functional groups attached to an aromatic ring is 2. The molecule has 1 aliphatic rings. The summed E-state index contributed by atoms with van der Waals surface area (Å²) in [6.45, 7) is 27.1. The number of fused-ring (bicyclic) bond motifs is 3. The molecule has 0 radical (unpaired) electrons. The van der Waals surface area contributed by atoms with E-state index in [2.05, 4.69) is 93.7 Å². The van der Waals surface area contributed by atoms with Gasteiger partial charge in [0.2, 0.25) is 0 Å². The zero-order chi connectivity index (χ0) is 37.4. The van der Waals surface area contributed by atoms with Gasteiger partial charge in [0.05, 0.1) is 28.4 Å². The molecule has 0 unspecified atom stereocenters. The van der Waals surface area contributed by atoms with Gasteiger partial charge < -0.3 is 29.9 Å². The van der Waals surface area contributed by atoms with Crippen molar-refractivity contribution >= 4 is 62.1 Å². The molecule has 51 heavy (non-hydrogen) atoms. The van der Waals surface area contributed by atoms with Gasteiger partial charge in [-0.05, 0) is 74.4 Å². The number of hydrogen-bond donors (Lipinski definition) is 2. The van der Waals surface area contributed by atoms with Gasteiger partial charge in [-0.3, -0.25) is 0 Å². The van der Waals surface area contributed by atoms with Crippen molar-refractivity contribution in [1.82, 2.24) is 24.1 Å². The van der Waals surface area contributed by atoms with E-state index in [1.165, 1.54) is 0 Å². The minimum absolute atomic E-state index is 0. The van der Waals surface area contributed by atoms with E-state index in [9.17, 15) is 0 Å². The van der Waals surface area contributed by atoms with Crippen LogP contribution in [-0.4, -0.2) is 42.4 Å². The van der Waals surface area contributed by atoms with Crippen molar-refractivity contribution in [2.24, 2.45) is 10.8 Å². The standard InChI is InChI=1S/C16H20N4.C13H16BNO2.C9H16BrN3.Pd/c1-10-18-15-13(20(10)9-16(2,3)4)11-7-5-6-8-12(11)14(17)19-15;1-12(2)13(3,4)17-14(16-12)11-8-6-5-7-10(11)9-15;1-6-12-8(11)7(10)13(6)5-9(2,3)4;/h5-8H,9H2,1-4H3,(H2,17,19);5-8H,1-4H3;5,11H2,1-4H3;. The largest absolute Gasteiger partial charge is 0.496 e. The fourth-order valence-corrected chi connectivity index (χ4v) is 6.11. The maximum Gasteiger partial charge on any atom is 0.496 e. The van der Waals surface area contributed by atoms with E-state index >= 15 is 0 Å². The van der Waals surface area contributed by atoms with E-state index in [4.69, 9.17) is 26.0 Å². The smallest absolute Gasteiger partial charge is 0.399 e. The number of rotatable bonds is 3. The number of pyridine rings is 1. The number of aromatic nitrogens is 5. The van der Waals surface area contributed by atoms with Crippen LogP contribution in [0.25, 0.3) is 21.9 Å². The molecular weight excluding hydrogens is 798 g/mol. The first-order valence-corrected chi connectivity index (χ1v) is 17.7. The van der Waals surface area contributed by atoms with Crippen molar-refractivity contribution in [3.05, 3.63) is 70.3 Å². The Labute approximate surface area is 325 Å². The molecule has 0 bridgehead atoms. The average Bonchev–Trinajstić information content (AvgIpc) is 3.53. The normalized spacial score (nSPS) is 15.0. The molecule has 1 saturated heterocycles. The second-order valence-electron chi connectivity index (χ2n) is 16.3. The number of benzene rings is 2. The summed E-state index contributed by atoms with van der Waals surface area (Å²) < 4.78 is 17.1. The zero-order valence-electron chi connectivity index (χ0n) is 32.0. The van der Waals surface area contributed by atoms with Crippen LogP contribution in [0, 0.1) is 36.0 Å². The average molecular weight is 850 g/mol. The topological polar surface area (TPSA) is 143 Å². The minimum atomic E-state index is -0.462. The van der Waals surface area contributed by atoms with Gasteiger partial charge in [-0.25, -0.2) is 15.0 Å². The van der Waals surface area contributed by atoms with Crippen LogP contribution in [0.5, 0.6) is 0 Å². The Morgan fingerprint density at radius 3 is 1.76 bits per heavy atom. The molecule has 0 spiro atoms. The Balaban J connectivity index is 0.000000210. The van der Waals surface area contributed by atoms with E-state index in [0.29, 0.717) is 17.2 Å². The summed E-state index contributed by atoms with van der Waals surface area (Å²) in [6.07, 6.45) is 0. The van der Waals surface area contributed by atoms with Gasteiger partial charge in [-0.1, -0.05) is 84.0 Å². The predicted octanol–water partition coefficient (Wildman–Crippen LogP) is 7.96. The van der Waals surface area contributed by atoms with Gasteiger partial charge in [0.25, 0.3) is 0 Å². The Morgan fingerprint density at radius 2 is 1.25 bits per heavy atom. The van der Waals surface area contributed by atoms with Crippen LogP contribution >= 0.6 is 15.9 Å². The monoisotopic (exact) mass is 848 g/mol. The van der Waals surface area contributed by atoms with Gasteiger partial charge in [0, 0.05) is 49.7 Å². The van der Waals surface area contributed by atoms with Crippen molar-refractivity contribution in [3.8, 4) is 6.07 Å². The van der Waals surface area contributed by atoms with Crippen LogP contribution in [0.1, 0.15) is 86.4 Å². The molecule has 3 aromatic heterocycles. The van der Waals surface area contributed by atoms with Gasteiger partial charge in [0.15, 0.2) is 11.5 Å². The molecule has 1 fully saturated rings. The molecule has 0 saturated carbocycles. The van der Waals surface area contributed by atoms with Crippen molar-refractivity contribution in [1.29, 1.82) is 5.26 Å². The first-order valence-electron chi connectivity index (χ1n) is 16.9. The summed E-state index contributed by atoms with van der Waals surface area (Å²) in [7, 11) is -0.462. The molecule has 0 amide bonds. The summed E-state index contributed by atoms with van der Waals surface area (Å²) in [5.74, 6) is 3.06. The number of nitrogens with zero attached hydrogens (tertiary/aromatic N) is 6. The third-order valence-corrected chi connectivity index (χ3v) is 9.63. The van der Waals surface area contributed by atoms with Crippen molar-refractivity contribution in [3.63, 3.8) is 0 Å². The van der Waals surface area contributed by atoms with Crippen LogP contribution < -0.4 is 16.9 Å². The van der Waals surface area contributed by atoms with Crippen LogP contribution in [0.2, 0.25) is 0 Å².